The monoisotopic (exact) mass is 315 g/mol. The normalized spacial score (nSPS) is 11.5. The molecule has 0 aliphatic heterocycles. The Morgan fingerprint density at radius 3 is 2.50 bits per heavy atom. The molecule has 2 rings (SSSR count). The molecule has 0 radical (unpaired) electrons. The first kappa shape index (κ1) is 16.2. The van der Waals surface area contributed by atoms with Gasteiger partial charge in [0.1, 0.15) is 11.5 Å². The number of hydrogen-bond acceptors (Lipinski definition) is 3. The van der Waals surface area contributed by atoms with Gasteiger partial charge in [-0.1, -0.05) is 35.9 Å². The average Bonchev–Trinajstić information content (AvgIpc) is 2.53. The number of nitrogens with zero attached hydrogens (tertiary/aromatic N) is 1. The van der Waals surface area contributed by atoms with Gasteiger partial charge in [0.2, 0.25) is 0 Å². The summed E-state index contributed by atoms with van der Waals surface area (Å²) in [7, 11) is 0. The molecule has 1 atom stereocenters. The Bertz CT molecular complexity index is 652. The lowest BCUT2D eigenvalue weighted by molar-refractivity contribution is 0.300. The molecule has 0 aliphatic carbocycles. The summed E-state index contributed by atoms with van der Waals surface area (Å²) in [6.45, 7) is 3.00. The van der Waals surface area contributed by atoms with Gasteiger partial charge in [-0.05, 0) is 30.7 Å². The molecule has 2 aromatic rings. The average molecular weight is 316 g/mol. The molecular formula is C18H18ClNO2. The summed E-state index contributed by atoms with van der Waals surface area (Å²) in [6, 6.07) is 17.2. The van der Waals surface area contributed by atoms with Crippen LogP contribution in [0.5, 0.6) is 11.5 Å². The van der Waals surface area contributed by atoms with Crippen LogP contribution < -0.4 is 9.47 Å². The Morgan fingerprint density at radius 1 is 1.09 bits per heavy atom. The third kappa shape index (κ3) is 4.41. The van der Waals surface area contributed by atoms with Gasteiger partial charge in [-0.15, -0.1) is 0 Å². The molecule has 4 heteroatoms. The van der Waals surface area contributed by atoms with Gasteiger partial charge in [0, 0.05) is 17.5 Å². The number of rotatable bonds is 7. The van der Waals surface area contributed by atoms with Crippen LogP contribution >= 0.6 is 11.6 Å². The van der Waals surface area contributed by atoms with E-state index in [0.29, 0.717) is 24.7 Å². The highest BCUT2D eigenvalue weighted by Gasteiger charge is 2.13. The van der Waals surface area contributed by atoms with E-state index in [1.54, 1.807) is 6.07 Å². The minimum absolute atomic E-state index is 0.274. The van der Waals surface area contributed by atoms with Crippen molar-refractivity contribution in [3.8, 4) is 17.6 Å². The molecule has 0 aliphatic rings. The zero-order chi connectivity index (χ0) is 15.8. The van der Waals surface area contributed by atoms with E-state index >= 15 is 0 Å². The maximum absolute atomic E-state index is 9.33. The Morgan fingerprint density at radius 2 is 1.82 bits per heavy atom. The van der Waals surface area contributed by atoms with E-state index in [-0.39, 0.29) is 5.92 Å². The fraction of sp³-hybridized carbons (Fsp3) is 0.278. The molecule has 2 aromatic carbocycles. The lowest BCUT2D eigenvalue weighted by atomic mass is 9.98. The van der Waals surface area contributed by atoms with Crippen LogP contribution in [0.1, 0.15) is 24.8 Å². The number of benzene rings is 2. The molecule has 0 N–H and O–H groups in total. The topological polar surface area (TPSA) is 42.2 Å². The molecule has 3 nitrogen and oxygen atoms in total. The van der Waals surface area contributed by atoms with Gasteiger partial charge in [0.05, 0.1) is 25.2 Å². The predicted molar refractivity (Wildman–Crippen MR) is 87.5 cm³/mol. The van der Waals surface area contributed by atoms with E-state index in [0.717, 1.165) is 17.1 Å². The van der Waals surface area contributed by atoms with Crippen LogP contribution in [0.2, 0.25) is 5.02 Å². The highest BCUT2D eigenvalue weighted by molar-refractivity contribution is 6.31. The van der Waals surface area contributed by atoms with Crippen LogP contribution in [0.15, 0.2) is 48.5 Å². The van der Waals surface area contributed by atoms with Crippen molar-refractivity contribution in [1.82, 2.24) is 0 Å². The molecule has 0 saturated heterocycles. The van der Waals surface area contributed by atoms with Gasteiger partial charge in [-0.2, -0.15) is 5.26 Å². The summed E-state index contributed by atoms with van der Waals surface area (Å²) in [4.78, 5) is 0. The Balaban J connectivity index is 1.93. The third-order valence-electron chi connectivity index (χ3n) is 3.23. The lowest BCUT2D eigenvalue weighted by Crippen LogP contribution is -2.05. The SMILES string of the molecule is CCOc1cccc(OCCC(C#N)c2ccccc2Cl)c1. The number of hydrogen-bond donors (Lipinski definition) is 0. The fourth-order valence-corrected chi connectivity index (χ4v) is 2.43. The summed E-state index contributed by atoms with van der Waals surface area (Å²) in [5.41, 5.74) is 0.846. The van der Waals surface area contributed by atoms with Crippen molar-refractivity contribution in [2.45, 2.75) is 19.3 Å². The van der Waals surface area contributed by atoms with Crippen molar-refractivity contribution in [1.29, 1.82) is 5.26 Å². The molecule has 0 bridgehead atoms. The van der Waals surface area contributed by atoms with Gasteiger partial charge in [-0.25, -0.2) is 0 Å². The summed E-state index contributed by atoms with van der Waals surface area (Å²) < 4.78 is 11.1. The van der Waals surface area contributed by atoms with E-state index in [1.165, 1.54) is 0 Å². The summed E-state index contributed by atoms with van der Waals surface area (Å²) in [6.07, 6.45) is 0.582. The first-order valence-corrected chi connectivity index (χ1v) is 7.62. The van der Waals surface area contributed by atoms with E-state index in [9.17, 15) is 5.26 Å². The van der Waals surface area contributed by atoms with Crippen LogP contribution in [0.4, 0.5) is 0 Å². The van der Waals surface area contributed by atoms with Gasteiger partial charge in [-0.3, -0.25) is 0 Å². The Labute approximate surface area is 136 Å². The van der Waals surface area contributed by atoms with Crippen LogP contribution in [-0.2, 0) is 0 Å². The van der Waals surface area contributed by atoms with Crippen molar-refractivity contribution in [3.63, 3.8) is 0 Å². The first-order chi connectivity index (χ1) is 10.7. The molecule has 22 heavy (non-hydrogen) atoms. The molecular weight excluding hydrogens is 298 g/mol. The summed E-state index contributed by atoms with van der Waals surface area (Å²) in [5.74, 6) is 1.24. The van der Waals surface area contributed by atoms with E-state index in [4.69, 9.17) is 21.1 Å². The summed E-state index contributed by atoms with van der Waals surface area (Å²) >= 11 is 6.14. The quantitative estimate of drug-likeness (QED) is 0.736. The maximum atomic E-state index is 9.33. The largest absolute Gasteiger partial charge is 0.494 e. The highest BCUT2D eigenvalue weighted by atomic mass is 35.5. The van der Waals surface area contributed by atoms with E-state index in [1.807, 2.05) is 49.4 Å². The first-order valence-electron chi connectivity index (χ1n) is 7.24. The van der Waals surface area contributed by atoms with Crippen molar-refractivity contribution in [2.75, 3.05) is 13.2 Å². The third-order valence-corrected chi connectivity index (χ3v) is 3.57. The van der Waals surface area contributed by atoms with E-state index < -0.39 is 0 Å². The summed E-state index contributed by atoms with van der Waals surface area (Å²) in [5, 5.41) is 9.95. The minimum Gasteiger partial charge on any atom is -0.494 e. The molecule has 0 amide bonds. The number of halogens is 1. The predicted octanol–water partition coefficient (Wildman–Crippen LogP) is 4.81. The van der Waals surface area contributed by atoms with Crippen LogP contribution in [-0.4, -0.2) is 13.2 Å². The standard InChI is InChI=1S/C18H18ClNO2/c1-2-21-15-6-5-7-16(12-15)22-11-10-14(13-20)17-8-3-4-9-18(17)19/h3-9,12,14H,2,10-11H2,1H3. The van der Waals surface area contributed by atoms with Crippen LogP contribution in [0.3, 0.4) is 0 Å². The maximum Gasteiger partial charge on any atom is 0.122 e. The van der Waals surface area contributed by atoms with Crippen molar-refractivity contribution >= 4 is 11.6 Å². The molecule has 1 unspecified atom stereocenters. The second-order valence-corrected chi connectivity index (χ2v) is 5.16. The van der Waals surface area contributed by atoms with Crippen LogP contribution in [0, 0.1) is 11.3 Å². The van der Waals surface area contributed by atoms with Crippen molar-refractivity contribution in [2.24, 2.45) is 0 Å². The number of nitriles is 1. The van der Waals surface area contributed by atoms with E-state index in [2.05, 4.69) is 6.07 Å². The van der Waals surface area contributed by atoms with Crippen molar-refractivity contribution < 1.29 is 9.47 Å². The molecule has 0 spiro atoms. The smallest absolute Gasteiger partial charge is 0.122 e. The Hall–Kier alpha value is -2.18. The molecule has 0 saturated carbocycles. The second kappa shape index (κ2) is 8.31. The van der Waals surface area contributed by atoms with Gasteiger partial charge >= 0.3 is 0 Å². The fourth-order valence-electron chi connectivity index (χ4n) is 2.16. The minimum atomic E-state index is -0.274. The second-order valence-electron chi connectivity index (χ2n) is 4.75. The molecule has 0 aromatic heterocycles. The van der Waals surface area contributed by atoms with Gasteiger partial charge < -0.3 is 9.47 Å². The van der Waals surface area contributed by atoms with Gasteiger partial charge in [0.15, 0.2) is 0 Å². The van der Waals surface area contributed by atoms with Crippen LogP contribution in [0.25, 0.3) is 0 Å². The Kier molecular flexibility index (Phi) is 6.12. The zero-order valence-corrected chi connectivity index (χ0v) is 13.2. The lowest BCUT2D eigenvalue weighted by Gasteiger charge is -2.12. The molecule has 114 valence electrons. The molecule has 0 fully saturated rings. The van der Waals surface area contributed by atoms with Crippen molar-refractivity contribution in [3.05, 3.63) is 59.1 Å². The van der Waals surface area contributed by atoms with Gasteiger partial charge in [0.25, 0.3) is 0 Å². The number of ether oxygens (including phenoxy) is 2. The molecule has 0 heterocycles. The highest BCUT2D eigenvalue weighted by Crippen LogP contribution is 2.27. The zero-order valence-electron chi connectivity index (χ0n) is 12.5.